The molecule has 0 unspecified atom stereocenters. The van der Waals surface area contributed by atoms with Crippen LogP contribution in [0.25, 0.3) is 0 Å². The zero-order valence-electron chi connectivity index (χ0n) is 6.81. The summed E-state index contributed by atoms with van der Waals surface area (Å²) in [5.41, 5.74) is 0.508. The molecular weight excluding hydrogens is 256 g/mol. The van der Waals surface area contributed by atoms with Crippen molar-refractivity contribution in [2.75, 3.05) is 6.26 Å². The molecule has 0 amide bonds. The first kappa shape index (κ1) is 10.3. The monoisotopic (exact) mass is 262 g/mol. The molecule has 70 valence electrons. The van der Waals surface area contributed by atoms with E-state index in [4.69, 9.17) is 0 Å². The van der Waals surface area contributed by atoms with Gasteiger partial charge in [-0.1, -0.05) is 20.4 Å². The van der Waals surface area contributed by atoms with Crippen LogP contribution in [0.3, 0.4) is 0 Å². The maximum atomic E-state index is 10.6. The molecule has 0 atom stereocenters. The summed E-state index contributed by atoms with van der Waals surface area (Å²) in [6.45, 7) is 0. The number of halogens is 1. The van der Waals surface area contributed by atoms with Crippen molar-refractivity contribution in [1.82, 2.24) is 0 Å². The Morgan fingerprint density at radius 2 is 1.77 bits per heavy atom. The molecule has 1 aromatic rings. The van der Waals surface area contributed by atoms with Gasteiger partial charge in [-0.2, -0.15) is 0 Å². The van der Waals surface area contributed by atoms with Crippen molar-refractivity contribution >= 4 is 31.6 Å². The van der Waals surface area contributed by atoms with Gasteiger partial charge in [-0.25, -0.2) is 8.42 Å². The average molecular weight is 263 g/mol. The minimum absolute atomic E-state index is 0.508. The van der Waals surface area contributed by atoms with E-state index in [9.17, 15) is 8.42 Å². The van der Waals surface area contributed by atoms with Gasteiger partial charge >= 0.3 is 0 Å². The van der Waals surface area contributed by atoms with E-state index in [1.807, 2.05) is 0 Å². The van der Waals surface area contributed by atoms with Crippen LogP contribution in [0, 0.1) is 0 Å². The molecule has 0 heterocycles. The number of benzene rings is 1. The lowest BCUT2D eigenvalue weighted by Crippen LogP contribution is -1.86. The molecule has 0 saturated carbocycles. The Balaban J connectivity index is 2.88. The third-order valence-electron chi connectivity index (χ3n) is 1.13. The van der Waals surface area contributed by atoms with E-state index < -0.39 is 10.0 Å². The highest BCUT2D eigenvalue weighted by Gasteiger charge is 1.95. The molecule has 0 aliphatic carbocycles. The fourth-order valence-corrected chi connectivity index (χ4v) is 1.14. The van der Waals surface area contributed by atoms with Crippen LogP contribution in [0.1, 0.15) is 0 Å². The molecule has 0 bridgehead atoms. The molecule has 1 rings (SSSR count). The second kappa shape index (κ2) is 3.97. The van der Waals surface area contributed by atoms with Gasteiger partial charge in [0.2, 0.25) is 0 Å². The number of hydrogen-bond donors (Lipinski definition) is 0. The van der Waals surface area contributed by atoms with E-state index in [0.29, 0.717) is 5.69 Å². The lowest BCUT2D eigenvalue weighted by atomic mass is 10.3. The summed E-state index contributed by atoms with van der Waals surface area (Å²) in [4.78, 5) is 0. The number of rotatable bonds is 2. The van der Waals surface area contributed by atoms with E-state index in [1.54, 1.807) is 24.3 Å². The van der Waals surface area contributed by atoms with Crippen molar-refractivity contribution in [2.24, 2.45) is 9.63 Å². The molecule has 0 saturated heterocycles. The van der Waals surface area contributed by atoms with Gasteiger partial charge in [0, 0.05) is 4.47 Å². The van der Waals surface area contributed by atoms with Crippen LogP contribution in [0.4, 0.5) is 5.69 Å². The Bertz CT molecular complexity index is 411. The summed E-state index contributed by atoms with van der Waals surface area (Å²) in [7, 11) is -3.39. The minimum atomic E-state index is -3.39. The highest BCUT2D eigenvalue weighted by Crippen LogP contribution is 2.17. The lowest BCUT2D eigenvalue weighted by Gasteiger charge is -1.91. The molecule has 0 spiro atoms. The fourth-order valence-electron chi connectivity index (χ4n) is 0.629. The first-order valence-electron chi connectivity index (χ1n) is 3.36. The van der Waals surface area contributed by atoms with Gasteiger partial charge in [0.15, 0.2) is 0 Å². The van der Waals surface area contributed by atoms with E-state index in [-0.39, 0.29) is 0 Å². The quantitative estimate of drug-likeness (QED) is 0.769. The van der Waals surface area contributed by atoms with Crippen molar-refractivity contribution in [1.29, 1.82) is 0 Å². The SMILES string of the molecule is CS(=O)(=O)N=Nc1ccc(Br)cc1. The minimum Gasteiger partial charge on any atom is -0.203 e. The van der Waals surface area contributed by atoms with Gasteiger partial charge in [-0.15, -0.1) is 5.11 Å². The predicted octanol–water partition coefficient (Wildman–Crippen LogP) is 2.49. The third kappa shape index (κ3) is 4.14. The molecule has 0 radical (unpaired) electrons. The van der Waals surface area contributed by atoms with E-state index in [1.165, 1.54) is 0 Å². The normalized spacial score (nSPS) is 12.2. The lowest BCUT2D eigenvalue weighted by molar-refractivity contribution is 0.601. The van der Waals surface area contributed by atoms with Crippen LogP contribution in [-0.2, 0) is 10.0 Å². The van der Waals surface area contributed by atoms with Crippen molar-refractivity contribution < 1.29 is 8.42 Å². The molecule has 0 fully saturated rings. The van der Waals surface area contributed by atoms with Gasteiger partial charge in [0.25, 0.3) is 10.0 Å². The van der Waals surface area contributed by atoms with Crippen LogP contribution in [0.2, 0.25) is 0 Å². The van der Waals surface area contributed by atoms with Crippen molar-refractivity contribution in [3.05, 3.63) is 28.7 Å². The molecule has 13 heavy (non-hydrogen) atoms. The smallest absolute Gasteiger partial charge is 0.203 e. The average Bonchev–Trinajstić information content (AvgIpc) is 2.02. The second-order valence-corrected chi connectivity index (χ2v) is 4.94. The van der Waals surface area contributed by atoms with Crippen LogP contribution in [0.15, 0.2) is 38.4 Å². The Morgan fingerprint density at radius 3 is 2.23 bits per heavy atom. The van der Waals surface area contributed by atoms with Gasteiger partial charge in [0.05, 0.1) is 11.9 Å². The summed E-state index contributed by atoms with van der Waals surface area (Å²) < 4.78 is 25.3. The van der Waals surface area contributed by atoms with Crippen molar-refractivity contribution in [2.45, 2.75) is 0 Å². The summed E-state index contributed by atoms with van der Waals surface area (Å²) >= 11 is 3.25. The molecular formula is C7H7BrN2O2S. The Kier molecular flexibility index (Phi) is 3.16. The highest BCUT2D eigenvalue weighted by molar-refractivity contribution is 9.10. The molecule has 6 heteroatoms. The van der Waals surface area contributed by atoms with Crippen LogP contribution < -0.4 is 0 Å². The standard InChI is InChI=1S/C7H7BrN2O2S/c1-13(11,12)10-9-7-4-2-6(8)3-5-7/h2-5H,1H3. The van der Waals surface area contributed by atoms with Crippen LogP contribution in [0.5, 0.6) is 0 Å². The zero-order valence-corrected chi connectivity index (χ0v) is 9.21. The summed E-state index contributed by atoms with van der Waals surface area (Å²) in [6.07, 6.45) is 0.995. The molecule has 0 aliphatic heterocycles. The number of sulfonamides is 1. The van der Waals surface area contributed by atoms with Crippen molar-refractivity contribution in [3.63, 3.8) is 0 Å². The second-order valence-electron chi connectivity index (χ2n) is 2.39. The van der Waals surface area contributed by atoms with Gasteiger partial charge in [-0.05, 0) is 24.3 Å². The van der Waals surface area contributed by atoms with E-state index in [2.05, 4.69) is 25.6 Å². The van der Waals surface area contributed by atoms with Gasteiger partial charge in [-0.3, -0.25) is 0 Å². The Labute approximate surface area is 84.9 Å². The topological polar surface area (TPSA) is 58.9 Å². The van der Waals surface area contributed by atoms with Crippen LogP contribution in [-0.4, -0.2) is 14.7 Å². The first-order valence-corrected chi connectivity index (χ1v) is 6.00. The number of hydrogen-bond acceptors (Lipinski definition) is 3. The summed E-state index contributed by atoms with van der Waals surface area (Å²) in [5.74, 6) is 0. The Morgan fingerprint density at radius 1 is 1.23 bits per heavy atom. The molecule has 0 aromatic heterocycles. The van der Waals surface area contributed by atoms with Crippen LogP contribution >= 0.6 is 15.9 Å². The van der Waals surface area contributed by atoms with Gasteiger partial charge < -0.3 is 0 Å². The molecule has 0 N–H and O–H groups in total. The van der Waals surface area contributed by atoms with Crippen molar-refractivity contribution in [3.8, 4) is 0 Å². The van der Waals surface area contributed by atoms with E-state index >= 15 is 0 Å². The zero-order chi connectivity index (χ0) is 9.90. The highest BCUT2D eigenvalue weighted by atomic mass is 79.9. The maximum absolute atomic E-state index is 10.6. The molecule has 1 aromatic carbocycles. The fraction of sp³-hybridized carbons (Fsp3) is 0.143. The number of nitrogens with zero attached hydrogens (tertiary/aromatic N) is 2. The van der Waals surface area contributed by atoms with E-state index in [0.717, 1.165) is 10.7 Å². The van der Waals surface area contributed by atoms with Gasteiger partial charge in [0.1, 0.15) is 0 Å². The summed E-state index contributed by atoms with van der Waals surface area (Å²) in [6, 6.07) is 6.85. The molecule has 4 nitrogen and oxygen atoms in total. The predicted molar refractivity (Wildman–Crippen MR) is 53.5 cm³/mol. The molecule has 0 aliphatic rings. The summed E-state index contributed by atoms with van der Waals surface area (Å²) in [5, 5.41) is 3.53. The maximum Gasteiger partial charge on any atom is 0.267 e. The largest absolute Gasteiger partial charge is 0.267 e. The Hall–Kier alpha value is -0.750. The first-order chi connectivity index (χ1) is 5.97. The third-order valence-corrected chi connectivity index (χ3v) is 2.04.